The fourth-order valence-corrected chi connectivity index (χ4v) is 2.85. The van der Waals surface area contributed by atoms with Gasteiger partial charge in [-0.05, 0) is 50.2 Å². The lowest BCUT2D eigenvalue weighted by Gasteiger charge is -2.09. The van der Waals surface area contributed by atoms with Crippen LogP contribution in [-0.2, 0) is 4.74 Å². The summed E-state index contributed by atoms with van der Waals surface area (Å²) in [5.41, 5.74) is 1.12. The molecule has 1 heterocycles. The van der Waals surface area contributed by atoms with Gasteiger partial charge in [0.05, 0.1) is 26.4 Å². The summed E-state index contributed by atoms with van der Waals surface area (Å²) in [4.78, 5) is 24.7. The van der Waals surface area contributed by atoms with Gasteiger partial charge in [-0.3, -0.25) is 0 Å². The molecule has 0 aliphatic heterocycles. The van der Waals surface area contributed by atoms with Crippen molar-refractivity contribution in [2.45, 2.75) is 13.8 Å². The van der Waals surface area contributed by atoms with Gasteiger partial charge in [0.15, 0.2) is 11.5 Å². The number of methoxy groups -OCH3 is 2. The first-order chi connectivity index (χ1) is 13.5. The number of ether oxygens (including phenoxy) is 4. The van der Waals surface area contributed by atoms with E-state index >= 15 is 0 Å². The number of benzene rings is 2. The first-order valence-corrected chi connectivity index (χ1v) is 8.63. The van der Waals surface area contributed by atoms with Gasteiger partial charge in [0.1, 0.15) is 22.7 Å². The molecule has 7 nitrogen and oxygen atoms in total. The van der Waals surface area contributed by atoms with E-state index in [2.05, 4.69) is 0 Å². The van der Waals surface area contributed by atoms with Gasteiger partial charge in [-0.2, -0.15) is 0 Å². The van der Waals surface area contributed by atoms with Crippen molar-refractivity contribution in [1.29, 1.82) is 0 Å². The molecule has 146 valence electrons. The van der Waals surface area contributed by atoms with Gasteiger partial charge in [-0.1, -0.05) is 0 Å². The molecule has 0 amide bonds. The maximum absolute atomic E-state index is 12.5. The predicted molar refractivity (Wildman–Crippen MR) is 101 cm³/mol. The molecule has 3 rings (SSSR count). The zero-order valence-corrected chi connectivity index (χ0v) is 16.0. The Balaban J connectivity index is 1.91. The SMILES string of the molecule is CCOC(=O)c1c(C)oc2ccc(OC(=O)c3ccc(OC)c(OC)c3)cc12. The summed E-state index contributed by atoms with van der Waals surface area (Å²) in [5, 5.41) is 0.522. The van der Waals surface area contributed by atoms with Crippen LogP contribution >= 0.6 is 0 Å². The lowest BCUT2D eigenvalue weighted by atomic mass is 10.1. The Kier molecular flexibility index (Phi) is 5.54. The average Bonchev–Trinajstić information content (AvgIpc) is 3.02. The van der Waals surface area contributed by atoms with Crippen molar-refractivity contribution >= 4 is 22.9 Å². The summed E-state index contributed by atoms with van der Waals surface area (Å²) in [7, 11) is 3.00. The summed E-state index contributed by atoms with van der Waals surface area (Å²) < 4.78 is 26.5. The standard InChI is InChI=1S/C21H20O7/c1-5-26-21(23)19-12(2)27-16-9-7-14(11-15(16)19)28-20(22)13-6-8-17(24-3)18(10-13)25-4/h6-11H,5H2,1-4H3. The van der Waals surface area contributed by atoms with Crippen LogP contribution in [0, 0.1) is 6.92 Å². The van der Waals surface area contributed by atoms with Crippen LogP contribution < -0.4 is 14.2 Å². The zero-order chi connectivity index (χ0) is 20.3. The highest BCUT2D eigenvalue weighted by molar-refractivity contribution is 6.05. The molecule has 0 saturated heterocycles. The molecular formula is C21H20O7. The Morgan fingerprint density at radius 3 is 2.39 bits per heavy atom. The molecule has 0 aliphatic rings. The number of rotatable bonds is 6. The molecule has 3 aromatic rings. The van der Waals surface area contributed by atoms with Crippen molar-refractivity contribution in [3.05, 3.63) is 53.3 Å². The van der Waals surface area contributed by atoms with Gasteiger partial charge in [-0.25, -0.2) is 9.59 Å². The molecule has 0 N–H and O–H groups in total. The van der Waals surface area contributed by atoms with Crippen molar-refractivity contribution < 1.29 is 33.0 Å². The quantitative estimate of drug-likeness (QED) is 0.466. The maximum atomic E-state index is 12.5. The first kappa shape index (κ1) is 19.3. The minimum Gasteiger partial charge on any atom is -0.493 e. The summed E-state index contributed by atoms with van der Waals surface area (Å²) in [6, 6.07) is 9.55. The molecule has 0 atom stereocenters. The molecule has 0 unspecified atom stereocenters. The fourth-order valence-electron chi connectivity index (χ4n) is 2.85. The lowest BCUT2D eigenvalue weighted by molar-refractivity contribution is 0.0526. The van der Waals surface area contributed by atoms with Crippen LogP contribution in [0.15, 0.2) is 40.8 Å². The van der Waals surface area contributed by atoms with E-state index in [0.717, 1.165) is 0 Å². The van der Waals surface area contributed by atoms with Gasteiger partial charge in [0, 0.05) is 5.39 Å². The van der Waals surface area contributed by atoms with Crippen LogP contribution in [0.5, 0.6) is 17.2 Å². The van der Waals surface area contributed by atoms with Crippen LogP contribution in [0.3, 0.4) is 0 Å². The summed E-state index contributed by atoms with van der Waals surface area (Å²) >= 11 is 0. The lowest BCUT2D eigenvalue weighted by Crippen LogP contribution is -2.09. The van der Waals surface area contributed by atoms with E-state index in [1.807, 2.05) is 0 Å². The Labute approximate surface area is 161 Å². The molecule has 0 saturated carbocycles. The maximum Gasteiger partial charge on any atom is 0.343 e. The number of aryl methyl sites for hydroxylation is 1. The van der Waals surface area contributed by atoms with Crippen LogP contribution in [0.2, 0.25) is 0 Å². The third-order valence-electron chi connectivity index (χ3n) is 4.14. The molecule has 28 heavy (non-hydrogen) atoms. The minimum atomic E-state index is -0.571. The van der Waals surface area contributed by atoms with E-state index in [4.69, 9.17) is 23.4 Å². The normalized spacial score (nSPS) is 10.6. The highest BCUT2D eigenvalue weighted by atomic mass is 16.5. The minimum absolute atomic E-state index is 0.249. The van der Waals surface area contributed by atoms with Gasteiger partial charge in [0.25, 0.3) is 0 Å². The Hall–Kier alpha value is -3.48. The van der Waals surface area contributed by atoms with E-state index in [1.165, 1.54) is 20.3 Å². The number of carbonyl (C=O) groups excluding carboxylic acids is 2. The fraction of sp³-hybridized carbons (Fsp3) is 0.238. The summed E-state index contributed by atoms with van der Waals surface area (Å²) in [6.07, 6.45) is 0. The van der Waals surface area contributed by atoms with Gasteiger partial charge in [-0.15, -0.1) is 0 Å². The molecular weight excluding hydrogens is 364 g/mol. The van der Waals surface area contributed by atoms with Crippen molar-refractivity contribution in [2.75, 3.05) is 20.8 Å². The topological polar surface area (TPSA) is 84.2 Å². The second-order valence-corrected chi connectivity index (χ2v) is 5.87. The van der Waals surface area contributed by atoms with E-state index in [0.29, 0.717) is 39.4 Å². The molecule has 0 aliphatic carbocycles. The number of hydrogen-bond acceptors (Lipinski definition) is 7. The van der Waals surface area contributed by atoms with E-state index in [9.17, 15) is 9.59 Å². The van der Waals surface area contributed by atoms with Crippen molar-refractivity contribution in [3.63, 3.8) is 0 Å². The highest BCUT2D eigenvalue weighted by Gasteiger charge is 2.21. The largest absolute Gasteiger partial charge is 0.493 e. The van der Waals surface area contributed by atoms with Gasteiger partial charge < -0.3 is 23.4 Å². The van der Waals surface area contributed by atoms with Crippen molar-refractivity contribution in [2.24, 2.45) is 0 Å². The molecule has 0 radical (unpaired) electrons. The van der Waals surface area contributed by atoms with E-state index in [-0.39, 0.29) is 12.4 Å². The average molecular weight is 384 g/mol. The van der Waals surface area contributed by atoms with Gasteiger partial charge in [0.2, 0.25) is 0 Å². The van der Waals surface area contributed by atoms with E-state index < -0.39 is 11.9 Å². The number of hydrogen-bond donors (Lipinski definition) is 0. The smallest absolute Gasteiger partial charge is 0.343 e. The Morgan fingerprint density at radius 2 is 1.71 bits per heavy atom. The molecule has 0 spiro atoms. The van der Waals surface area contributed by atoms with Crippen LogP contribution in [0.25, 0.3) is 11.0 Å². The summed E-state index contributed by atoms with van der Waals surface area (Å²) in [5.74, 6) is 0.589. The second-order valence-electron chi connectivity index (χ2n) is 5.87. The van der Waals surface area contributed by atoms with E-state index in [1.54, 1.807) is 44.2 Å². The highest BCUT2D eigenvalue weighted by Crippen LogP contribution is 2.31. The Bertz CT molecular complexity index is 1030. The second kappa shape index (κ2) is 8.04. The third kappa shape index (κ3) is 3.64. The molecule has 0 bridgehead atoms. The molecule has 1 aromatic heterocycles. The number of furan rings is 1. The number of fused-ring (bicyclic) bond motifs is 1. The van der Waals surface area contributed by atoms with Crippen LogP contribution in [-0.4, -0.2) is 32.8 Å². The van der Waals surface area contributed by atoms with Crippen LogP contribution in [0.4, 0.5) is 0 Å². The van der Waals surface area contributed by atoms with Crippen LogP contribution in [0.1, 0.15) is 33.4 Å². The first-order valence-electron chi connectivity index (χ1n) is 8.63. The summed E-state index contributed by atoms with van der Waals surface area (Å²) in [6.45, 7) is 3.66. The van der Waals surface area contributed by atoms with Crippen molar-refractivity contribution in [1.82, 2.24) is 0 Å². The molecule has 0 fully saturated rings. The molecule has 2 aromatic carbocycles. The van der Waals surface area contributed by atoms with Crippen molar-refractivity contribution in [3.8, 4) is 17.2 Å². The molecule has 7 heteroatoms. The number of esters is 2. The van der Waals surface area contributed by atoms with Gasteiger partial charge >= 0.3 is 11.9 Å². The Morgan fingerprint density at radius 1 is 0.964 bits per heavy atom. The predicted octanol–water partition coefficient (Wildman–Crippen LogP) is 4.15. The zero-order valence-electron chi connectivity index (χ0n) is 16.0. The number of carbonyl (C=O) groups is 2. The third-order valence-corrected chi connectivity index (χ3v) is 4.14. The monoisotopic (exact) mass is 384 g/mol.